The summed E-state index contributed by atoms with van der Waals surface area (Å²) in [5.41, 5.74) is 1.15. The smallest absolute Gasteiger partial charge is 0.295 e. The zero-order valence-electron chi connectivity index (χ0n) is 17.7. The summed E-state index contributed by atoms with van der Waals surface area (Å²) < 4.78 is 7.09. The number of amides is 2. The van der Waals surface area contributed by atoms with Crippen molar-refractivity contribution in [1.29, 1.82) is 0 Å². The van der Waals surface area contributed by atoms with Crippen molar-refractivity contribution in [3.63, 3.8) is 0 Å². The maximum atomic E-state index is 13.1. The number of piperidine rings is 1. The number of carbonyl (C=O) groups excluding carboxylic acids is 3. The maximum Gasteiger partial charge on any atom is 0.295 e. The predicted molar refractivity (Wildman–Crippen MR) is 113 cm³/mol. The van der Waals surface area contributed by atoms with Gasteiger partial charge in [-0.3, -0.25) is 14.4 Å². The molecule has 30 heavy (non-hydrogen) atoms. The summed E-state index contributed by atoms with van der Waals surface area (Å²) in [6.45, 7) is 6.09. The van der Waals surface area contributed by atoms with Gasteiger partial charge in [-0.1, -0.05) is 18.2 Å². The number of rotatable bonds is 4. The molecule has 0 N–H and O–H groups in total. The molecule has 0 radical (unpaired) electrons. The van der Waals surface area contributed by atoms with Gasteiger partial charge in [0.15, 0.2) is 0 Å². The SMILES string of the molecule is C[C@H]1CCC[C@H](C)N1C(=O)Cn1cc(C(=O)C(=O)N2CCOCC2)c2ccccc21. The molecule has 2 aromatic rings. The number of hydrogen-bond acceptors (Lipinski definition) is 4. The molecular weight excluding hydrogens is 382 g/mol. The summed E-state index contributed by atoms with van der Waals surface area (Å²) in [5.74, 6) is -0.987. The Morgan fingerprint density at radius 2 is 1.70 bits per heavy atom. The third-order valence-corrected chi connectivity index (χ3v) is 6.31. The van der Waals surface area contributed by atoms with Crippen molar-refractivity contribution < 1.29 is 19.1 Å². The second-order valence-corrected chi connectivity index (χ2v) is 8.35. The third-order valence-electron chi connectivity index (χ3n) is 6.31. The number of likely N-dealkylation sites (tertiary alicyclic amines) is 1. The molecule has 2 fully saturated rings. The van der Waals surface area contributed by atoms with Crippen LogP contribution in [0.3, 0.4) is 0 Å². The van der Waals surface area contributed by atoms with E-state index in [9.17, 15) is 14.4 Å². The molecule has 7 heteroatoms. The standard InChI is InChI=1S/C23H29N3O4/c1-16-6-5-7-17(2)26(16)21(27)15-25-14-19(18-8-3-4-9-20(18)25)22(28)23(29)24-10-12-30-13-11-24/h3-4,8-9,14,16-17H,5-7,10-13,15H2,1-2H3/t16-,17-/m0/s1. The molecule has 2 atom stereocenters. The van der Waals surface area contributed by atoms with E-state index in [0.29, 0.717) is 37.3 Å². The number of morpholine rings is 1. The lowest BCUT2D eigenvalue weighted by molar-refractivity contribution is -0.137. The first-order valence-electron chi connectivity index (χ1n) is 10.8. The van der Waals surface area contributed by atoms with E-state index < -0.39 is 11.7 Å². The molecule has 2 aliphatic rings. The first-order chi connectivity index (χ1) is 14.5. The van der Waals surface area contributed by atoms with E-state index in [1.165, 1.54) is 0 Å². The van der Waals surface area contributed by atoms with Crippen molar-refractivity contribution in [2.45, 2.75) is 51.7 Å². The summed E-state index contributed by atoms with van der Waals surface area (Å²) in [6, 6.07) is 7.88. The van der Waals surface area contributed by atoms with Gasteiger partial charge in [-0.25, -0.2) is 0 Å². The topological polar surface area (TPSA) is 71.9 Å². The highest BCUT2D eigenvalue weighted by molar-refractivity contribution is 6.44. The van der Waals surface area contributed by atoms with Crippen LogP contribution < -0.4 is 0 Å². The van der Waals surface area contributed by atoms with Gasteiger partial charge >= 0.3 is 0 Å². The molecule has 160 valence electrons. The van der Waals surface area contributed by atoms with E-state index in [2.05, 4.69) is 13.8 Å². The molecule has 1 aromatic heterocycles. The number of hydrogen-bond donors (Lipinski definition) is 0. The Kier molecular flexibility index (Phi) is 5.90. The molecule has 2 saturated heterocycles. The number of Topliss-reactive ketones (excluding diaryl/α,β-unsaturated/α-hetero) is 1. The van der Waals surface area contributed by atoms with Crippen LogP contribution in [0.2, 0.25) is 0 Å². The van der Waals surface area contributed by atoms with E-state index in [0.717, 1.165) is 24.8 Å². The van der Waals surface area contributed by atoms with Crippen LogP contribution in [0.1, 0.15) is 43.5 Å². The average molecular weight is 412 g/mol. The molecule has 4 rings (SSSR count). The van der Waals surface area contributed by atoms with Crippen LogP contribution in [0.5, 0.6) is 0 Å². The van der Waals surface area contributed by atoms with Gasteiger partial charge in [0.25, 0.3) is 11.7 Å². The highest BCUT2D eigenvalue weighted by Crippen LogP contribution is 2.26. The number of ether oxygens (including phenoxy) is 1. The van der Waals surface area contributed by atoms with Crippen molar-refractivity contribution in [3.05, 3.63) is 36.0 Å². The minimum Gasteiger partial charge on any atom is -0.378 e. The number of aromatic nitrogens is 1. The summed E-state index contributed by atoms with van der Waals surface area (Å²) >= 11 is 0. The van der Waals surface area contributed by atoms with Crippen LogP contribution in [0, 0.1) is 0 Å². The lowest BCUT2D eigenvalue weighted by atomic mass is 9.97. The van der Waals surface area contributed by atoms with Crippen molar-refractivity contribution in [2.24, 2.45) is 0 Å². The number of carbonyl (C=O) groups is 3. The van der Waals surface area contributed by atoms with Crippen molar-refractivity contribution in [3.8, 4) is 0 Å². The highest BCUT2D eigenvalue weighted by Gasteiger charge is 2.31. The zero-order chi connectivity index (χ0) is 21.3. The normalized spacial score (nSPS) is 22.3. The fraction of sp³-hybridized carbons (Fsp3) is 0.522. The highest BCUT2D eigenvalue weighted by atomic mass is 16.5. The quantitative estimate of drug-likeness (QED) is 0.572. The van der Waals surface area contributed by atoms with E-state index in [1.54, 1.807) is 11.1 Å². The van der Waals surface area contributed by atoms with E-state index in [-0.39, 0.29) is 24.5 Å². The Balaban J connectivity index is 1.61. The van der Waals surface area contributed by atoms with Crippen molar-refractivity contribution >= 4 is 28.5 Å². The van der Waals surface area contributed by atoms with Crippen LogP contribution in [-0.4, -0.2) is 70.4 Å². The molecule has 7 nitrogen and oxygen atoms in total. The number of para-hydroxylation sites is 1. The van der Waals surface area contributed by atoms with E-state index in [1.807, 2.05) is 33.7 Å². The molecule has 2 amide bonds. The number of fused-ring (bicyclic) bond motifs is 1. The molecule has 0 spiro atoms. The van der Waals surface area contributed by atoms with Crippen LogP contribution in [0.4, 0.5) is 0 Å². The molecule has 2 aliphatic heterocycles. The third kappa shape index (κ3) is 3.86. The van der Waals surface area contributed by atoms with E-state index in [4.69, 9.17) is 4.74 Å². The largest absolute Gasteiger partial charge is 0.378 e. The molecule has 3 heterocycles. The second kappa shape index (κ2) is 8.60. The van der Waals surface area contributed by atoms with Crippen LogP contribution in [0.25, 0.3) is 10.9 Å². The van der Waals surface area contributed by atoms with Crippen molar-refractivity contribution in [2.75, 3.05) is 26.3 Å². The van der Waals surface area contributed by atoms with E-state index >= 15 is 0 Å². The second-order valence-electron chi connectivity index (χ2n) is 8.35. The number of benzene rings is 1. The molecular formula is C23H29N3O4. The fourth-order valence-corrected chi connectivity index (χ4v) is 4.72. The summed E-state index contributed by atoms with van der Waals surface area (Å²) in [4.78, 5) is 42.4. The maximum absolute atomic E-state index is 13.1. The van der Waals surface area contributed by atoms with Gasteiger partial charge in [-0.15, -0.1) is 0 Å². The first kappa shape index (κ1) is 20.6. The van der Waals surface area contributed by atoms with Gasteiger partial charge in [0, 0.05) is 42.3 Å². The minimum absolute atomic E-state index is 0.0500. The molecule has 0 saturated carbocycles. The summed E-state index contributed by atoms with van der Waals surface area (Å²) in [6.07, 6.45) is 4.84. The molecule has 0 bridgehead atoms. The van der Waals surface area contributed by atoms with Crippen LogP contribution in [-0.2, 0) is 20.9 Å². The monoisotopic (exact) mass is 411 g/mol. The Morgan fingerprint density at radius 1 is 1.03 bits per heavy atom. The lowest BCUT2D eigenvalue weighted by Gasteiger charge is -2.39. The summed E-state index contributed by atoms with van der Waals surface area (Å²) in [7, 11) is 0. The fourth-order valence-electron chi connectivity index (χ4n) is 4.72. The minimum atomic E-state index is -0.529. The molecule has 0 unspecified atom stereocenters. The first-order valence-corrected chi connectivity index (χ1v) is 10.8. The van der Waals surface area contributed by atoms with Gasteiger partial charge < -0.3 is 19.1 Å². The Labute approximate surface area is 176 Å². The zero-order valence-corrected chi connectivity index (χ0v) is 17.7. The molecule has 1 aromatic carbocycles. The van der Waals surface area contributed by atoms with Crippen LogP contribution >= 0.6 is 0 Å². The summed E-state index contributed by atoms with van der Waals surface area (Å²) in [5, 5.41) is 0.705. The Hall–Kier alpha value is -2.67. The van der Waals surface area contributed by atoms with Gasteiger partial charge in [0.2, 0.25) is 5.91 Å². The number of nitrogens with zero attached hydrogens (tertiary/aromatic N) is 3. The van der Waals surface area contributed by atoms with Gasteiger partial charge in [0.05, 0.1) is 18.8 Å². The van der Waals surface area contributed by atoms with Crippen LogP contribution in [0.15, 0.2) is 30.5 Å². The lowest BCUT2D eigenvalue weighted by Crippen LogP contribution is -2.48. The Morgan fingerprint density at radius 3 is 2.40 bits per heavy atom. The predicted octanol–water partition coefficient (Wildman–Crippen LogP) is 2.47. The van der Waals surface area contributed by atoms with Gasteiger partial charge in [-0.2, -0.15) is 0 Å². The van der Waals surface area contributed by atoms with Crippen molar-refractivity contribution in [1.82, 2.24) is 14.4 Å². The van der Waals surface area contributed by atoms with Gasteiger partial charge in [-0.05, 0) is 39.2 Å². The molecule has 0 aliphatic carbocycles. The Bertz CT molecular complexity index is 951. The average Bonchev–Trinajstić information content (AvgIpc) is 3.11. The number of ketones is 1. The van der Waals surface area contributed by atoms with Gasteiger partial charge in [0.1, 0.15) is 6.54 Å².